The molecule has 0 unspecified atom stereocenters. The molecule has 1 heteroatoms. The van der Waals surface area contributed by atoms with E-state index in [4.69, 9.17) is 4.74 Å². The summed E-state index contributed by atoms with van der Waals surface area (Å²) in [5.74, 6) is 0. The molecular formula is C18H18O. The van der Waals surface area contributed by atoms with E-state index in [1.165, 1.54) is 0 Å². The topological polar surface area (TPSA) is 9.23 Å². The summed E-state index contributed by atoms with van der Waals surface area (Å²) in [6.07, 6.45) is 0. The molecule has 0 aliphatic carbocycles. The third-order valence-corrected chi connectivity index (χ3v) is 2.92. The maximum atomic E-state index is 5.67. The van der Waals surface area contributed by atoms with Crippen molar-refractivity contribution in [3.8, 4) is 0 Å². The van der Waals surface area contributed by atoms with Crippen LogP contribution in [0.15, 0.2) is 73.8 Å². The minimum absolute atomic E-state index is 0.524. The lowest BCUT2D eigenvalue weighted by Crippen LogP contribution is -2.00. The van der Waals surface area contributed by atoms with Gasteiger partial charge in [0.2, 0.25) is 0 Å². The average molecular weight is 250 g/mol. The largest absolute Gasteiger partial charge is 0.372 e. The first-order valence-electron chi connectivity index (χ1n) is 6.31. The zero-order chi connectivity index (χ0) is 13.5. The maximum absolute atomic E-state index is 5.67. The van der Waals surface area contributed by atoms with Gasteiger partial charge in [-0.2, -0.15) is 0 Å². The monoisotopic (exact) mass is 250 g/mol. The Labute approximate surface area is 114 Å². The average Bonchev–Trinajstić information content (AvgIpc) is 2.49. The van der Waals surface area contributed by atoms with Crippen molar-refractivity contribution in [2.45, 2.75) is 0 Å². The van der Waals surface area contributed by atoms with Crippen molar-refractivity contribution in [3.05, 3.63) is 84.9 Å². The van der Waals surface area contributed by atoms with Gasteiger partial charge < -0.3 is 4.74 Å². The molecule has 0 amide bonds. The van der Waals surface area contributed by atoms with Crippen LogP contribution in [0.4, 0.5) is 0 Å². The minimum atomic E-state index is 0.524. The normalized spacial score (nSPS) is 10.1. The van der Waals surface area contributed by atoms with Crippen LogP contribution in [0, 0.1) is 0 Å². The van der Waals surface area contributed by atoms with E-state index in [9.17, 15) is 0 Å². The summed E-state index contributed by atoms with van der Waals surface area (Å²) < 4.78 is 5.67. The van der Waals surface area contributed by atoms with Gasteiger partial charge >= 0.3 is 0 Å². The molecule has 0 aromatic heterocycles. The highest BCUT2D eigenvalue weighted by atomic mass is 16.5. The van der Waals surface area contributed by atoms with E-state index in [1.807, 2.05) is 60.7 Å². The first-order chi connectivity index (χ1) is 9.27. The molecule has 0 spiro atoms. The second-order valence-electron chi connectivity index (χ2n) is 4.43. The van der Waals surface area contributed by atoms with E-state index in [0.717, 1.165) is 22.3 Å². The van der Waals surface area contributed by atoms with Gasteiger partial charge in [0, 0.05) is 0 Å². The van der Waals surface area contributed by atoms with Crippen LogP contribution >= 0.6 is 0 Å². The molecule has 0 aliphatic rings. The fourth-order valence-electron chi connectivity index (χ4n) is 1.81. The van der Waals surface area contributed by atoms with Gasteiger partial charge in [0.1, 0.15) is 0 Å². The predicted octanol–water partition coefficient (Wildman–Crippen LogP) is 4.43. The summed E-state index contributed by atoms with van der Waals surface area (Å²) in [5, 5.41) is 0. The number of benzene rings is 2. The number of hydrogen-bond donors (Lipinski definition) is 0. The van der Waals surface area contributed by atoms with Crippen LogP contribution in [-0.2, 0) is 4.74 Å². The molecule has 0 atom stereocenters. The quantitative estimate of drug-likeness (QED) is 0.737. The van der Waals surface area contributed by atoms with Gasteiger partial charge in [-0.1, -0.05) is 73.8 Å². The predicted molar refractivity (Wildman–Crippen MR) is 81.8 cm³/mol. The Morgan fingerprint density at radius 1 is 0.684 bits per heavy atom. The van der Waals surface area contributed by atoms with Crippen LogP contribution in [0.3, 0.4) is 0 Å². The van der Waals surface area contributed by atoms with E-state index < -0.39 is 0 Å². The molecule has 0 radical (unpaired) electrons. The van der Waals surface area contributed by atoms with E-state index in [2.05, 4.69) is 13.2 Å². The van der Waals surface area contributed by atoms with Crippen LogP contribution in [-0.4, -0.2) is 13.2 Å². The Morgan fingerprint density at radius 3 is 1.42 bits per heavy atom. The summed E-state index contributed by atoms with van der Waals surface area (Å²) >= 11 is 0. The molecule has 2 aromatic carbocycles. The first kappa shape index (κ1) is 13.3. The van der Waals surface area contributed by atoms with Crippen molar-refractivity contribution in [1.29, 1.82) is 0 Å². The lowest BCUT2D eigenvalue weighted by molar-refractivity contribution is 0.205. The van der Waals surface area contributed by atoms with Crippen molar-refractivity contribution >= 4 is 11.1 Å². The standard InChI is InChI=1S/C18H18O/c1-15(17-9-5-3-6-10-17)13-19-14-16(2)18-11-7-4-8-12-18/h3-12H,1-2,13-14H2. The molecule has 1 nitrogen and oxygen atoms in total. The van der Waals surface area contributed by atoms with Gasteiger partial charge in [-0.25, -0.2) is 0 Å². The van der Waals surface area contributed by atoms with Gasteiger partial charge in [0.15, 0.2) is 0 Å². The lowest BCUT2D eigenvalue weighted by atomic mass is 10.1. The number of rotatable bonds is 6. The van der Waals surface area contributed by atoms with Crippen molar-refractivity contribution in [3.63, 3.8) is 0 Å². The zero-order valence-corrected chi connectivity index (χ0v) is 11.0. The summed E-state index contributed by atoms with van der Waals surface area (Å²) in [6.45, 7) is 9.13. The summed E-state index contributed by atoms with van der Waals surface area (Å²) in [6, 6.07) is 20.2. The van der Waals surface area contributed by atoms with Crippen LogP contribution < -0.4 is 0 Å². The second-order valence-corrected chi connectivity index (χ2v) is 4.43. The van der Waals surface area contributed by atoms with Crippen molar-refractivity contribution in [2.24, 2.45) is 0 Å². The number of hydrogen-bond acceptors (Lipinski definition) is 1. The Kier molecular flexibility index (Phi) is 4.71. The third kappa shape index (κ3) is 3.94. The first-order valence-corrected chi connectivity index (χ1v) is 6.31. The molecule has 19 heavy (non-hydrogen) atoms. The lowest BCUT2D eigenvalue weighted by Gasteiger charge is -2.09. The third-order valence-electron chi connectivity index (χ3n) is 2.92. The summed E-state index contributed by atoms with van der Waals surface area (Å²) in [7, 11) is 0. The van der Waals surface area contributed by atoms with E-state index in [0.29, 0.717) is 13.2 Å². The molecule has 0 saturated carbocycles. The van der Waals surface area contributed by atoms with Crippen LogP contribution in [0.25, 0.3) is 11.1 Å². The number of ether oxygens (including phenoxy) is 1. The van der Waals surface area contributed by atoms with Crippen LogP contribution in [0.5, 0.6) is 0 Å². The molecule has 0 N–H and O–H groups in total. The van der Waals surface area contributed by atoms with Crippen molar-refractivity contribution in [2.75, 3.05) is 13.2 Å². The van der Waals surface area contributed by atoms with Crippen LogP contribution in [0.1, 0.15) is 11.1 Å². The van der Waals surface area contributed by atoms with E-state index in [1.54, 1.807) is 0 Å². The van der Waals surface area contributed by atoms with Gasteiger partial charge in [-0.05, 0) is 22.3 Å². The molecule has 0 fully saturated rings. The van der Waals surface area contributed by atoms with Gasteiger partial charge in [-0.15, -0.1) is 0 Å². The molecule has 2 rings (SSSR count). The minimum Gasteiger partial charge on any atom is -0.372 e. The second kappa shape index (κ2) is 6.72. The Balaban J connectivity index is 1.81. The van der Waals surface area contributed by atoms with Crippen molar-refractivity contribution < 1.29 is 4.74 Å². The molecule has 0 heterocycles. The molecular weight excluding hydrogens is 232 g/mol. The highest BCUT2D eigenvalue weighted by Gasteiger charge is 2.01. The van der Waals surface area contributed by atoms with Crippen molar-refractivity contribution in [1.82, 2.24) is 0 Å². The fraction of sp³-hybridized carbons (Fsp3) is 0.111. The molecule has 0 saturated heterocycles. The molecule has 0 aliphatic heterocycles. The van der Waals surface area contributed by atoms with E-state index in [-0.39, 0.29) is 0 Å². The maximum Gasteiger partial charge on any atom is 0.0721 e. The Morgan fingerprint density at radius 2 is 1.05 bits per heavy atom. The van der Waals surface area contributed by atoms with Gasteiger partial charge in [0.05, 0.1) is 13.2 Å². The van der Waals surface area contributed by atoms with Crippen LogP contribution in [0.2, 0.25) is 0 Å². The van der Waals surface area contributed by atoms with Gasteiger partial charge in [0.25, 0.3) is 0 Å². The zero-order valence-electron chi connectivity index (χ0n) is 11.0. The highest BCUT2D eigenvalue weighted by Crippen LogP contribution is 2.15. The Bertz CT molecular complexity index is 489. The molecule has 0 bridgehead atoms. The highest BCUT2D eigenvalue weighted by molar-refractivity contribution is 5.65. The summed E-state index contributed by atoms with van der Waals surface area (Å²) in [4.78, 5) is 0. The molecule has 2 aromatic rings. The summed E-state index contributed by atoms with van der Waals surface area (Å²) in [5.41, 5.74) is 4.21. The smallest absolute Gasteiger partial charge is 0.0721 e. The van der Waals surface area contributed by atoms with E-state index >= 15 is 0 Å². The fourth-order valence-corrected chi connectivity index (χ4v) is 1.81. The molecule has 96 valence electrons. The SMILES string of the molecule is C=C(COCC(=C)c1ccccc1)c1ccccc1. The van der Waals surface area contributed by atoms with Gasteiger partial charge in [-0.3, -0.25) is 0 Å². The Hall–Kier alpha value is -2.12.